The molecule has 0 amide bonds. The van der Waals surface area contributed by atoms with E-state index in [9.17, 15) is 10.1 Å². The molecular formula is C11H16N4O4. The topological polar surface area (TPSA) is 99.4 Å². The lowest BCUT2D eigenvalue weighted by Crippen LogP contribution is -2.26. The molecule has 0 spiro atoms. The van der Waals surface area contributed by atoms with Crippen molar-refractivity contribution in [3.8, 4) is 5.88 Å². The van der Waals surface area contributed by atoms with Gasteiger partial charge in [0.25, 0.3) is 5.88 Å². The first-order chi connectivity index (χ1) is 9.22. The Labute approximate surface area is 110 Å². The van der Waals surface area contributed by atoms with Crippen LogP contribution in [-0.4, -0.2) is 40.8 Å². The van der Waals surface area contributed by atoms with Gasteiger partial charge in [-0.1, -0.05) is 0 Å². The molecular weight excluding hydrogens is 252 g/mol. The van der Waals surface area contributed by atoms with E-state index in [1.54, 1.807) is 0 Å². The van der Waals surface area contributed by atoms with Gasteiger partial charge in [0.2, 0.25) is 5.82 Å². The highest BCUT2D eigenvalue weighted by atomic mass is 16.6. The fraction of sp³-hybridized carbons (Fsp3) is 0.636. The second kappa shape index (κ2) is 6.28. The summed E-state index contributed by atoms with van der Waals surface area (Å²) in [6.45, 7) is 3.58. The maximum absolute atomic E-state index is 11.1. The molecule has 1 aliphatic heterocycles. The van der Waals surface area contributed by atoms with Crippen molar-refractivity contribution >= 4 is 11.5 Å². The van der Waals surface area contributed by atoms with Crippen molar-refractivity contribution in [2.75, 3.05) is 25.1 Å². The molecule has 0 unspecified atom stereocenters. The second-order valence-electron chi connectivity index (χ2n) is 4.09. The number of hydrogen-bond acceptors (Lipinski definition) is 7. The fourth-order valence-electron chi connectivity index (χ4n) is 1.86. The quantitative estimate of drug-likeness (QED) is 0.636. The van der Waals surface area contributed by atoms with Crippen molar-refractivity contribution < 1.29 is 14.4 Å². The molecule has 1 aliphatic rings. The molecule has 8 nitrogen and oxygen atoms in total. The third-order valence-corrected chi connectivity index (χ3v) is 2.76. The van der Waals surface area contributed by atoms with E-state index in [1.165, 1.54) is 6.33 Å². The Hall–Kier alpha value is -1.96. The first-order valence-electron chi connectivity index (χ1n) is 6.20. The minimum Gasteiger partial charge on any atom is -0.469 e. The monoisotopic (exact) mass is 268 g/mol. The largest absolute Gasteiger partial charge is 0.469 e. The van der Waals surface area contributed by atoms with Crippen LogP contribution < -0.4 is 10.1 Å². The number of anilines is 1. The van der Waals surface area contributed by atoms with E-state index in [4.69, 9.17) is 9.47 Å². The Balaban J connectivity index is 2.22. The SMILES string of the molecule is CCNc1ncnc(OC2CCOCC2)c1[N+](=O)[O-]. The third-order valence-electron chi connectivity index (χ3n) is 2.76. The molecule has 0 bridgehead atoms. The number of nitrogens with one attached hydrogen (secondary N) is 1. The Morgan fingerprint density at radius 2 is 2.26 bits per heavy atom. The lowest BCUT2D eigenvalue weighted by Gasteiger charge is -2.22. The molecule has 1 saturated heterocycles. The van der Waals surface area contributed by atoms with Gasteiger partial charge in [-0.2, -0.15) is 4.98 Å². The molecule has 0 atom stereocenters. The van der Waals surface area contributed by atoms with Crippen molar-refractivity contribution in [3.63, 3.8) is 0 Å². The minimum atomic E-state index is -0.521. The van der Waals surface area contributed by atoms with E-state index < -0.39 is 4.92 Å². The van der Waals surface area contributed by atoms with Crippen LogP contribution in [0.4, 0.5) is 11.5 Å². The predicted molar refractivity (Wildman–Crippen MR) is 67.3 cm³/mol. The summed E-state index contributed by atoms with van der Waals surface area (Å²) in [5, 5.41) is 14.0. The van der Waals surface area contributed by atoms with Crippen molar-refractivity contribution in [1.82, 2.24) is 9.97 Å². The van der Waals surface area contributed by atoms with E-state index in [-0.39, 0.29) is 23.5 Å². The molecule has 2 heterocycles. The Morgan fingerprint density at radius 1 is 1.53 bits per heavy atom. The van der Waals surface area contributed by atoms with Gasteiger partial charge in [0.05, 0.1) is 18.1 Å². The van der Waals surface area contributed by atoms with Crippen molar-refractivity contribution in [2.24, 2.45) is 0 Å². The number of ether oxygens (including phenoxy) is 2. The van der Waals surface area contributed by atoms with E-state index in [1.807, 2.05) is 6.92 Å². The molecule has 19 heavy (non-hydrogen) atoms. The van der Waals surface area contributed by atoms with Crippen molar-refractivity contribution in [3.05, 3.63) is 16.4 Å². The summed E-state index contributed by atoms with van der Waals surface area (Å²) < 4.78 is 10.8. The van der Waals surface area contributed by atoms with Gasteiger partial charge in [-0.3, -0.25) is 10.1 Å². The summed E-state index contributed by atoms with van der Waals surface area (Å²) in [5.74, 6) is 0.201. The van der Waals surface area contributed by atoms with Crippen molar-refractivity contribution in [2.45, 2.75) is 25.9 Å². The molecule has 0 aliphatic carbocycles. The van der Waals surface area contributed by atoms with Gasteiger partial charge >= 0.3 is 5.69 Å². The standard InChI is InChI=1S/C11H16N4O4/c1-2-12-10-9(15(16)17)11(14-7-13-10)19-8-3-5-18-6-4-8/h7-8H,2-6H2,1H3,(H,12,13,14). The molecule has 1 N–H and O–H groups in total. The molecule has 2 rings (SSSR count). The molecule has 1 aromatic heterocycles. The molecule has 0 aromatic carbocycles. The summed E-state index contributed by atoms with van der Waals surface area (Å²) in [5.41, 5.74) is -0.212. The number of hydrogen-bond donors (Lipinski definition) is 1. The van der Waals surface area contributed by atoms with Crippen LogP contribution in [0.3, 0.4) is 0 Å². The number of aromatic nitrogens is 2. The molecule has 1 fully saturated rings. The van der Waals surface area contributed by atoms with E-state index >= 15 is 0 Å². The number of rotatable bonds is 5. The van der Waals surface area contributed by atoms with Crippen molar-refractivity contribution in [1.29, 1.82) is 0 Å². The number of nitro groups is 1. The highest BCUT2D eigenvalue weighted by Crippen LogP contribution is 2.32. The smallest absolute Gasteiger partial charge is 0.372 e. The summed E-state index contributed by atoms with van der Waals surface area (Å²) in [6, 6.07) is 0. The van der Waals surface area contributed by atoms with Crippen LogP contribution in [0.5, 0.6) is 5.88 Å². The normalized spacial score (nSPS) is 16.1. The molecule has 104 valence electrons. The summed E-state index contributed by atoms with van der Waals surface area (Å²) in [6.07, 6.45) is 2.58. The van der Waals surface area contributed by atoms with Gasteiger partial charge in [-0.25, -0.2) is 4.98 Å². The van der Waals surface area contributed by atoms with E-state index in [0.717, 1.165) is 0 Å². The van der Waals surface area contributed by atoms with Crippen LogP contribution in [0.2, 0.25) is 0 Å². The summed E-state index contributed by atoms with van der Waals surface area (Å²) >= 11 is 0. The lowest BCUT2D eigenvalue weighted by atomic mass is 10.1. The van der Waals surface area contributed by atoms with Crippen LogP contribution in [0.15, 0.2) is 6.33 Å². The van der Waals surface area contributed by atoms with Gasteiger partial charge in [0.1, 0.15) is 12.4 Å². The molecule has 8 heteroatoms. The minimum absolute atomic E-state index is 0.0165. The zero-order valence-electron chi connectivity index (χ0n) is 10.7. The van der Waals surface area contributed by atoms with Crippen LogP contribution in [-0.2, 0) is 4.74 Å². The predicted octanol–water partition coefficient (Wildman–Crippen LogP) is 1.37. The third kappa shape index (κ3) is 3.28. The zero-order valence-corrected chi connectivity index (χ0v) is 10.7. The number of nitrogens with zero attached hydrogens (tertiary/aromatic N) is 3. The first kappa shape index (κ1) is 13.5. The van der Waals surface area contributed by atoms with E-state index in [0.29, 0.717) is 32.6 Å². The molecule has 0 saturated carbocycles. The van der Waals surface area contributed by atoms with Gasteiger partial charge < -0.3 is 14.8 Å². The highest BCUT2D eigenvalue weighted by molar-refractivity contribution is 5.61. The van der Waals surface area contributed by atoms with Gasteiger partial charge in [-0.15, -0.1) is 0 Å². The maximum atomic E-state index is 11.1. The molecule has 1 aromatic rings. The summed E-state index contributed by atoms with van der Waals surface area (Å²) in [4.78, 5) is 18.4. The summed E-state index contributed by atoms with van der Waals surface area (Å²) in [7, 11) is 0. The van der Waals surface area contributed by atoms with Gasteiger partial charge in [0, 0.05) is 19.4 Å². The van der Waals surface area contributed by atoms with Crippen LogP contribution in [0, 0.1) is 10.1 Å². The average Bonchev–Trinajstić information content (AvgIpc) is 2.40. The average molecular weight is 268 g/mol. The highest BCUT2D eigenvalue weighted by Gasteiger charge is 2.27. The van der Waals surface area contributed by atoms with Gasteiger partial charge in [0.15, 0.2) is 0 Å². The zero-order chi connectivity index (χ0) is 13.7. The maximum Gasteiger partial charge on any atom is 0.372 e. The van der Waals surface area contributed by atoms with Crippen LogP contribution in [0.25, 0.3) is 0 Å². The van der Waals surface area contributed by atoms with E-state index in [2.05, 4.69) is 15.3 Å². The van der Waals surface area contributed by atoms with Crippen LogP contribution in [0.1, 0.15) is 19.8 Å². The van der Waals surface area contributed by atoms with Crippen LogP contribution >= 0.6 is 0 Å². The second-order valence-corrected chi connectivity index (χ2v) is 4.09. The Bertz CT molecular complexity index is 448. The lowest BCUT2D eigenvalue weighted by molar-refractivity contribution is -0.385. The first-order valence-corrected chi connectivity index (χ1v) is 6.20. The fourth-order valence-corrected chi connectivity index (χ4v) is 1.86. The molecule has 0 radical (unpaired) electrons. The van der Waals surface area contributed by atoms with Gasteiger partial charge in [-0.05, 0) is 6.92 Å². The Kier molecular flexibility index (Phi) is 4.45. The Morgan fingerprint density at radius 3 is 2.89 bits per heavy atom.